The topological polar surface area (TPSA) is 60.7 Å². The highest BCUT2D eigenvalue weighted by atomic mass is 16.3. The van der Waals surface area contributed by atoms with Crippen LogP contribution in [0.2, 0.25) is 0 Å². The van der Waals surface area contributed by atoms with E-state index in [4.69, 9.17) is 0 Å². The largest absolute Gasteiger partial charge is 0.504 e. The van der Waals surface area contributed by atoms with E-state index < -0.39 is 0 Å². The van der Waals surface area contributed by atoms with E-state index in [1.54, 1.807) is 0 Å². The Bertz CT molecular complexity index is 626. The number of hydrogen-bond acceptors (Lipinski definition) is 3. The van der Waals surface area contributed by atoms with E-state index in [9.17, 15) is 15.3 Å². The second kappa shape index (κ2) is 12.5. The van der Waals surface area contributed by atoms with Gasteiger partial charge in [0, 0.05) is 0 Å². The van der Waals surface area contributed by atoms with Crippen molar-refractivity contribution < 1.29 is 15.3 Å². The van der Waals surface area contributed by atoms with Gasteiger partial charge in [-0.2, -0.15) is 0 Å². The highest BCUT2D eigenvalue weighted by Gasteiger charge is 2.17. The molecule has 0 spiro atoms. The maximum Gasteiger partial charge on any atom is 0.200 e. The molecule has 0 bridgehead atoms. The van der Waals surface area contributed by atoms with Crippen molar-refractivity contribution in [2.24, 2.45) is 10.8 Å². The van der Waals surface area contributed by atoms with Gasteiger partial charge in [0.25, 0.3) is 0 Å². The number of phenols is 3. The molecule has 0 aromatic heterocycles. The Balaban J connectivity index is 2.46. The first-order valence-corrected chi connectivity index (χ1v) is 12.2. The minimum Gasteiger partial charge on any atom is -0.504 e. The maximum atomic E-state index is 10.3. The van der Waals surface area contributed by atoms with E-state index in [1.165, 1.54) is 44.9 Å². The Morgan fingerprint density at radius 1 is 0.600 bits per heavy atom. The number of aromatic hydroxyl groups is 3. The second-order valence-corrected chi connectivity index (χ2v) is 11.1. The van der Waals surface area contributed by atoms with Crippen molar-refractivity contribution in [3.8, 4) is 17.2 Å². The molecule has 1 aromatic rings. The molecule has 0 radical (unpaired) electrons. The molecule has 0 unspecified atom stereocenters. The predicted octanol–water partition coefficient (Wildman–Crippen LogP) is 8.27. The summed E-state index contributed by atoms with van der Waals surface area (Å²) in [6.45, 7) is 13.7. The lowest BCUT2D eigenvalue weighted by Crippen LogP contribution is -2.08. The molecule has 0 aliphatic rings. The first kappa shape index (κ1) is 26.7. The first-order chi connectivity index (χ1) is 14.0. The summed E-state index contributed by atoms with van der Waals surface area (Å²) in [7, 11) is 0. The fourth-order valence-corrected chi connectivity index (χ4v) is 3.92. The zero-order valence-corrected chi connectivity index (χ0v) is 20.6. The van der Waals surface area contributed by atoms with Gasteiger partial charge in [-0.05, 0) is 66.5 Å². The lowest BCUT2D eigenvalue weighted by molar-refractivity contribution is 0.307. The number of hydrogen-bond donors (Lipinski definition) is 3. The third-order valence-corrected chi connectivity index (χ3v) is 6.54. The monoisotopic (exact) mass is 420 g/mol. The molecule has 0 aliphatic heterocycles. The first-order valence-electron chi connectivity index (χ1n) is 12.2. The summed E-state index contributed by atoms with van der Waals surface area (Å²) in [6.07, 6.45) is 14.3. The zero-order valence-electron chi connectivity index (χ0n) is 20.6. The van der Waals surface area contributed by atoms with Crippen molar-refractivity contribution in [3.05, 3.63) is 17.2 Å². The van der Waals surface area contributed by atoms with Crippen LogP contribution in [0.3, 0.4) is 0 Å². The average Bonchev–Trinajstić information content (AvgIpc) is 2.67. The van der Waals surface area contributed by atoms with Crippen LogP contribution in [-0.4, -0.2) is 15.3 Å². The molecule has 0 fully saturated rings. The predicted molar refractivity (Wildman–Crippen MR) is 129 cm³/mol. The zero-order chi connectivity index (χ0) is 22.8. The molecule has 0 amide bonds. The van der Waals surface area contributed by atoms with Gasteiger partial charge in [0.2, 0.25) is 5.75 Å². The molecule has 0 atom stereocenters. The summed E-state index contributed by atoms with van der Waals surface area (Å²) < 4.78 is 0. The molecule has 1 aromatic carbocycles. The molecular weight excluding hydrogens is 372 g/mol. The molecule has 3 heteroatoms. The van der Waals surface area contributed by atoms with E-state index in [0.29, 0.717) is 10.8 Å². The molecule has 0 aliphatic carbocycles. The molecule has 1 rings (SSSR count). The lowest BCUT2D eigenvalue weighted by atomic mass is 9.84. The SMILES string of the molecule is CCC(C)(C)CCCCCCc1cc(CCCCCCC(C)(C)C)c(O)c(O)c1O. The van der Waals surface area contributed by atoms with E-state index in [1.807, 2.05) is 6.07 Å². The van der Waals surface area contributed by atoms with Crippen LogP contribution in [0, 0.1) is 10.8 Å². The molecule has 0 heterocycles. The van der Waals surface area contributed by atoms with Gasteiger partial charge in [-0.3, -0.25) is 0 Å². The van der Waals surface area contributed by atoms with Crippen LogP contribution in [0.4, 0.5) is 0 Å². The lowest BCUT2D eigenvalue weighted by Gasteiger charge is -2.22. The third-order valence-electron chi connectivity index (χ3n) is 6.54. The molecular formula is C27H48O3. The van der Waals surface area contributed by atoms with Crippen molar-refractivity contribution >= 4 is 0 Å². The van der Waals surface area contributed by atoms with Crippen LogP contribution in [0.1, 0.15) is 123 Å². The summed E-state index contributed by atoms with van der Waals surface area (Å²) >= 11 is 0. The fourth-order valence-electron chi connectivity index (χ4n) is 3.92. The van der Waals surface area contributed by atoms with E-state index >= 15 is 0 Å². The fraction of sp³-hybridized carbons (Fsp3) is 0.778. The van der Waals surface area contributed by atoms with Crippen LogP contribution in [0.5, 0.6) is 17.2 Å². The molecule has 0 saturated heterocycles. The van der Waals surface area contributed by atoms with Gasteiger partial charge < -0.3 is 15.3 Å². The molecule has 0 saturated carbocycles. The Morgan fingerprint density at radius 3 is 1.47 bits per heavy atom. The van der Waals surface area contributed by atoms with Gasteiger partial charge in [-0.1, -0.05) is 86.5 Å². The minimum absolute atomic E-state index is 0.145. The van der Waals surface area contributed by atoms with Gasteiger partial charge in [-0.15, -0.1) is 0 Å². The number of unbranched alkanes of at least 4 members (excludes halogenated alkanes) is 6. The number of rotatable bonds is 14. The van der Waals surface area contributed by atoms with Crippen molar-refractivity contribution in [1.82, 2.24) is 0 Å². The van der Waals surface area contributed by atoms with Crippen molar-refractivity contribution in [2.45, 2.75) is 125 Å². The summed E-state index contributed by atoms with van der Waals surface area (Å²) in [5, 5.41) is 30.7. The van der Waals surface area contributed by atoms with Crippen LogP contribution < -0.4 is 0 Å². The summed E-state index contributed by atoms with van der Waals surface area (Å²) in [4.78, 5) is 0. The standard InChI is InChI=1S/C27H48O3/c1-7-27(5,6)19-15-11-9-13-17-22-20-21(23(28)25(30)24(22)29)16-12-8-10-14-18-26(2,3)4/h20,28-30H,7-19H2,1-6H3. The van der Waals surface area contributed by atoms with Gasteiger partial charge in [-0.25, -0.2) is 0 Å². The third kappa shape index (κ3) is 10.1. The van der Waals surface area contributed by atoms with Crippen LogP contribution in [0.25, 0.3) is 0 Å². The summed E-state index contributed by atoms with van der Waals surface area (Å²) in [5.41, 5.74) is 2.35. The van der Waals surface area contributed by atoms with Crippen molar-refractivity contribution in [3.63, 3.8) is 0 Å². The van der Waals surface area contributed by atoms with E-state index in [2.05, 4.69) is 41.5 Å². The maximum absolute atomic E-state index is 10.3. The highest BCUT2D eigenvalue weighted by Crippen LogP contribution is 2.41. The Labute approximate surface area is 185 Å². The second-order valence-electron chi connectivity index (χ2n) is 11.1. The summed E-state index contributed by atoms with van der Waals surface area (Å²) in [6, 6.07) is 1.90. The normalized spacial score (nSPS) is 12.5. The van der Waals surface area contributed by atoms with Gasteiger partial charge in [0.15, 0.2) is 11.5 Å². The molecule has 30 heavy (non-hydrogen) atoms. The van der Waals surface area contributed by atoms with Crippen molar-refractivity contribution in [1.29, 1.82) is 0 Å². The van der Waals surface area contributed by atoms with E-state index in [-0.39, 0.29) is 17.2 Å². The number of phenolic OH excluding ortho intramolecular Hbond substituents is 3. The Hall–Kier alpha value is -1.38. The number of benzene rings is 1. The van der Waals surface area contributed by atoms with Gasteiger partial charge >= 0.3 is 0 Å². The van der Waals surface area contributed by atoms with Gasteiger partial charge in [0.05, 0.1) is 0 Å². The average molecular weight is 421 g/mol. The highest BCUT2D eigenvalue weighted by molar-refractivity contribution is 5.57. The molecule has 174 valence electrons. The summed E-state index contributed by atoms with van der Waals surface area (Å²) in [5.74, 6) is -0.638. The number of aryl methyl sites for hydroxylation is 2. The Morgan fingerprint density at radius 2 is 1.03 bits per heavy atom. The quantitative estimate of drug-likeness (QED) is 0.210. The smallest absolute Gasteiger partial charge is 0.200 e. The molecule has 3 nitrogen and oxygen atoms in total. The minimum atomic E-state index is -0.347. The van der Waals surface area contributed by atoms with Crippen LogP contribution in [-0.2, 0) is 12.8 Å². The van der Waals surface area contributed by atoms with Crippen LogP contribution >= 0.6 is 0 Å². The van der Waals surface area contributed by atoms with Gasteiger partial charge in [0.1, 0.15) is 0 Å². The van der Waals surface area contributed by atoms with E-state index in [0.717, 1.165) is 49.7 Å². The van der Waals surface area contributed by atoms with Crippen molar-refractivity contribution in [2.75, 3.05) is 0 Å². The van der Waals surface area contributed by atoms with Crippen LogP contribution in [0.15, 0.2) is 6.07 Å². The Kier molecular flexibility index (Phi) is 11.1. The molecule has 3 N–H and O–H groups in total.